The van der Waals surface area contributed by atoms with Crippen LogP contribution < -0.4 is 5.32 Å². The van der Waals surface area contributed by atoms with E-state index >= 15 is 0 Å². The number of amides is 2. The summed E-state index contributed by atoms with van der Waals surface area (Å²) in [6.45, 7) is 4.03. The number of carbonyl (C=O) groups excluding carboxylic acids is 2. The van der Waals surface area contributed by atoms with Crippen LogP contribution in [0.3, 0.4) is 0 Å². The van der Waals surface area contributed by atoms with Gasteiger partial charge in [0.05, 0.1) is 0 Å². The molecule has 0 aromatic heterocycles. The Morgan fingerprint density at radius 3 is 2.21 bits per heavy atom. The second kappa shape index (κ2) is 10.3. The topological polar surface area (TPSA) is 73.2 Å². The summed E-state index contributed by atoms with van der Waals surface area (Å²) in [6.07, 6.45) is 2.17. The average molecular weight is 460 g/mol. The molecule has 0 saturated carbocycles. The van der Waals surface area contributed by atoms with Crippen LogP contribution in [0, 0.1) is 11.5 Å². The van der Waals surface area contributed by atoms with Crippen LogP contribution in [0.15, 0.2) is 78.9 Å². The van der Waals surface area contributed by atoms with Gasteiger partial charge in [-0.15, -0.1) is 0 Å². The molecule has 0 bridgehead atoms. The van der Waals surface area contributed by atoms with Crippen molar-refractivity contribution < 1.29 is 9.59 Å². The fourth-order valence-electron chi connectivity index (χ4n) is 3.74. The third-order valence-electron chi connectivity index (χ3n) is 5.69. The van der Waals surface area contributed by atoms with E-state index in [1.807, 2.05) is 86.8 Å². The Morgan fingerprint density at radius 2 is 1.61 bits per heavy atom. The first-order chi connectivity index (χ1) is 15.7. The first kappa shape index (κ1) is 24.0. The smallest absolute Gasteiger partial charge is 0.257 e. The molecule has 0 heterocycles. The van der Waals surface area contributed by atoms with Crippen molar-refractivity contribution in [2.24, 2.45) is 0 Å². The van der Waals surface area contributed by atoms with E-state index in [4.69, 9.17) is 11.6 Å². The number of carbonyl (C=O) groups is 2. The molecule has 0 radical (unpaired) electrons. The molecule has 0 fully saturated rings. The van der Waals surface area contributed by atoms with E-state index < -0.39 is 17.4 Å². The normalized spacial score (nSPS) is 11.8. The van der Waals surface area contributed by atoms with Crippen molar-refractivity contribution >= 4 is 23.4 Å². The van der Waals surface area contributed by atoms with Crippen molar-refractivity contribution in [2.45, 2.75) is 31.7 Å². The molecule has 3 aromatic carbocycles. The zero-order valence-electron chi connectivity index (χ0n) is 18.9. The Hall–Kier alpha value is -3.62. The van der Waals surface area contributed by atoms with Crippen LogP contribution in [0.4, 0.5) is 0 Å². The van der Waals surface area contributed by atoms with Gasteiger partial charge in [-0.1, -0.05) is 86.1 Å². The van der Waals surface area contributed by atoms with Gasteiger partial charge in [0.1, 0.15) is 6.04 Å². The Balaban J connectivity index is 1.82. The van der Waals surface area contributed by atoms with Gasteiger partial charge < -0.3 is 5.32 Å². The first-order valence-electron chi connectivity index (χ1n) is 10.6. The summed E-state index contributed by atoms with van der Waals surface area (Å²) in [5.41, 5.74) is 2.82. The second-order valence-electron chi connectivity index (χ2n) is 8.53. The fourth-order valence-corrected chi connectivity index (χ4v) is 3.98. The summed E-state index contributed by atoms with van der Waals surface area (Å²) in [7, 11) is 1.40. The molecule has 5 nitrogen and oxygen atoms in total. The van der Waals surface area contributed by atoms with Gasteiger partial charge in [0, 0.05) is 23.2 Å². The largest absolute Gasteiger partial charge is 0.340 e. The van der Waals surface area contributed by atoms with Crippen molar-refractivity contribution in [3.63, 3.8) is 0 Å². The summed E-state index contributed by atoms with van der Waals surface area (Å²) in [5.74, 6) is -0.836. The number of nitrogens with zero attached hydrogens (tertiary/aromatic N) is 2. The van der Waals surface area contributed by atoms with Gasteiger partial charge in [0.2, 0.25) is 0 Å². The number of halogens is 1. The maximum absolute atomic E-state index is 13.0. The minimum atomic E-state index is -0.861. The van der Waals surface area contributed by atoms with Gasteiger partial charge in [-0.05, 0) is 41.2 Å². The summed E-state index contributed by atoms with van der Waals surface area (Å²) in [6, 6.07) is 23.5. The summed E-state index contributed by atoms with van der Waals surface area (Å²) in [4.78, 5) is 26.9. The third kappa shape index (κ3) is 5.79. The lowest BCUT2D eigenvalue weighted by molar-refractivity contribution is -0.129. The van der Waals surface area contributed by atoms with Crippen molar-refractivity contribution in [3.8, 4) is 17.3 Å². The van der Waals surface area contributed by atoms with Gasteiger partial charge in [0.25, 0.3) is 11.8 Å². The predicted molar refractivity (Wildman–Crippen MR) is 131 cm³/mol. The number of nitriles is 1. The highest BCUT2D eigenvalue weighted by atomic mass is 35.5. The molecule has 0 spiro atoms. The second-order valence-corrected chi connectivity index (χ2v) is 8.94. The van der Waals surface area contributed by atoms with E-state index in [2.05, 4.69) is 5.32 Å². The zero-order chi connectivity index (χ0) is 24.0. The Morgan fingerprint density at radius 1 is 1.00 bits per heavy atom. The Bertz CT molecular complexity index is 1170. The summed E-state index contributed by atoms with van der Waals surface area (Å²) >= 11 is 6.27. The van der Waals surface area contributed by atoms with E-state index in [0.29, 0.717) is 17.0 Å². The molecule has 3 rings (SSSR count). The molecular weight excluding hydrogens is 434 g/mol. The van der Waals surface area contributed by atoms with E-state index in [1.54, 1.807) is 12.1 Å². The molecule has 33 heavy (non-hydrogen) atoms. The van der Waals surface area contributed by atoms with Crippen LogP contribution in [0.5, 0.6) is 0 Å². The van der Waals surface area contributed by atoms with Crippen molar-refractivity contribution in [1.29, 1.82) is 5.26 Å². The quantitative estimate of drug-likeness (QED) is 0.379. The summed E-state index contributed by atoms with van der Waals surface area (Å²) in [5, 5.41) is 12.7. The standard InChI is InChI=1S/C27H26ClN3O2/c1-27(2,21-9-5-4-6-10-21)17-24(26(33)31(3)18-29)30-25(32)20-15-13-19(14-16-20)22-11-7-8-12-23(22)28/h4-16,24H,17H2,1-3H3,(H,30,32)/t24-/m0/s1. The minimum Gasteiger partial charge on any atom is -0.340 e. The summed E-state index contributed by atoms with van der Waals surface area (Å²) < 4.78 is 0. The molecule has 0 aliphatic heterocycles. The molecule has 0 aliphatic carbocycles. The molecule has 0 aliphatic rings. The molecular formula is C27H26ClN3O2. The van der Waals surface area contributed by atoms with Gasteiger partial charge in [-0.2, -0.15) is 5.26 Å². The Kier molecular flexibility index (Phi) is 7.52. The lowest BCUT2D eigenvalue weighted by Gasteiger charge is -2.31. The molecule has 168 valence electrons. The highest BCUT2D eigenvalue weighted by Crippen LogP contribution is 2.30. The van der Waals surface area contributed by atoms with E-state index in [9.17, 15) is 14.9 Å². The van der Waals surface area contributed by atoms with Crippen LogP contribution in [-0.4, -0.2) is 29.8 Å². The van der Waals surface area contributed by atoms with E-state index in [-0.39, 0.29) is 5.91 Å². The lowest BCUT2D eigenvalue weighted by Crippen LogP contribution is -2.48. The number of hydrogen-bond acceptors (Lipinski definition) is 3. The average Bonchev–Trinajstić information content (AvgIpc) is 2.83. The monoisotopic (exact) mass is 459 g/mol. The van der Waals surface area contributed by atoms with Gasteiger partial charge in [-0.25, -0.2) is 0 Å². The minimum absolute atomic E-state index is 0.339. The van der Waals surface area contributed by atoms with Crippen LogP contribution in [-0.2, 0) is 10.2 Å². The molecule has 2 amide bonds. The predicted octanol–water partition coefficient (Wildman–Crippen LogP) is 5.41. The van der Waals surface area contributed by atoms with E-state index in [0.717, 1.165) is 21.6 Å². The van der Waals surface area contributed by atoms with Crippen LogP contribution in [0.25, 0.3) is 11.1 Å². The van der Waals surface area contributed by atoms with Gasteiger partial charge >= 0.3 is 0 Å². The number of rotatable bonds is 7. The molecule has 1 atom stereocenters. The molecule has 0 saturated heterocycles. The number of benzene rings is 3. The fraction of sp³-hybridized carbons (Fsp3) is 0.222. The third-order valence-corrected chi connectivity index (χ3v) is 6.02. The highest BCUT2D eigenvalue weighted by molar-refractivity contribution is 6.33. The zero-order valence-corrected chi connectivity index (χ0v) is 19.6. The number of nitrogens with one attached hydrogen (secondary N) is 1. The lowest BCUT2D eigenvalue weighted by atomic mass is 9.79. The van der Waals surface area contributed by atoms with Crippen molar-refractivity contribution in [3.05, 3.63) is 95.0 Å². The van der Waals surface area contributed by atoms with Crippen LogP contribution >= 0.6 is 11.6 Å². The van der Waals surface area contributed by atoms with Crippen LogP contribution in [0.2, 0.25) is 5.02 Å². The molecule has 3 aromatic rings. The number of hydrogen-bond donors (Lipinski definition) is 1. The molecule has 1 N–H and O–H groups in total. The van der Waals surface area contributed by atoms with Crippen molar-refractivity contribution in [2.75, 3.05) is 7.05 Å². The van der Waals surface area contributed by atoms with Gasteiger partial charge in [0.15, 0.2) is 6.19 Å². The van der Waals surface area contributed by atoms with Crippen molar-refractivity contribution in [1.82, 2.24) is 10.2 Å². The Labute approximate surface area is 199 Å². The van der Waals surface area contributed by atoms with Crippen LogP contribution in [0.1, 0.15) is 36.2 Å². The maximum Gasteiger partial charge on any atom is 0.257 e. The SMILES string of the molecule is CN(C#N)C(=O)[C@H](CC(C)(C)c1ccccc1)NC(=O)c1ccc(-c2ccccc2Cl)cc1. The molecule has 6 heteroatoms. The number of likely N-dealkylation sites (N-methyl/N-ethyl adjacent to an activating group) is 1. The highest BCUT2D eigenvalue weighted by Gasteiger charge is 2.32. The van der Waals surface area contributed by atoms with E-state index in [1.165, 1.54) is 7.05 Å². The van der Waals surface area contributed by atoms with Gasteiger partial charge in [-0.3, -0.25) is 14.5 Å². The first-order valence-corrected chi connectivity index (χ1v) is 11.0. The molecule has 0 unspecified atom stereocenters. The maximum atomic E-state index is 13.0.